The van der Waals surface area contributed by atoms with Crippen molar-refractivity contribution in [3.05, 3.63) is 41.0 Å². The highest BCUT2D eigenvalue weighted by atomic mass is 35.5. The fraction of sp³-hybridized carbons (Fsp3) is 0.286. The molecule has 0 atom stereocenters. The highest BCUT2D eigenvalue weighted by Gasteiger charge is 2.07. The zero-order chi connectivity index (χ0) is 13.7. The lowest BCUT2D eigenvalue weighted by Crippen LogP contribution is -2.04. The molecule has 0 radical (unpaired) electrons. The highest BCUT2D eigenvalue weighted by molar-refractivity contribution is 6.31. The largest absolute Gasteiger partial charge is 0.437 e. The van der Waals surface area contributed by atoms with Crippen LogP contribution in [0.1, 0.15) is 18.9 Å². The van der Waals surface area contributed by atoms with E-state index in [9.17, 15) is 0 Å². The van der Waals surface area contributed by atoms with Crippen molar-refractivity contribution < 1.29 is 4.74 Å². The zero-order valence-electron chi connectivity index (χ0n) is 11.0. The van der Waals surface area contributed by atoms with Crippen LogP contribution in [0.2, 0.25) is 5.02 Å². The third-order valence-electron chi connectivity index (χ3n) is 2.48. The molecule has 2 aromatic rings. The molecule has 0 unspecified atom stereocenters. The summed E-state index contributed by atoms with van der Waals surface area (Å²) in [5.41, 5.74) is 1.17. The van der Waals surface area contributed by atoms with Crippen LogP contribution in [0.3, 0.4) is 0 Å². The number of nitrogens with one attached hydrogen (secondary N) is 1. The van der Waals surface area contributed by atoms with Gasteiger partial charge in [0, 0.05) is 6.54 Å². The van der Waals surface area contributed by atoms with E-state index < -0.39 is 0 Å². The molecule has 1 aromatic heterocycles. The van der Waals surface area contributed by atoms with E-state index in [1.165, 1.54) is 11.8 Å². The normalized spacial score (nSPS) is 10.3. The predicted octanol–water partition coefficient (Wildman–Crippen LogP) is 4.05. The Morgan fingerprint density at radius 1 is 1.26 bits per heavy atom. The summed E-state index contributed by atoms with van der Waals surface area (Å²) in [6, 6.07) is 7.71. The van der Waals surface area contributed by atoms with E-state index in [1.807, 2.05) is 31.2 Å². The van der Waals surface area contributed by atoms with E-state index in [0.29, 0.717) is 22.6 Å². The van der Waals surface area contributed by atoms with Crippen LogP contribution >= 0.6 is 11.6 Å². The van der Waals surface area contributed by atoms with Gasteiger partial charge in [-0.1, -0.05) is 36.2 Å². The van der Waals surface area contributed by atoms with Gasteiger partial charge in [-0.2, -0.15) is 4.98 Å². The first-order valence-corrected chi connectivity index (χ1v) is 6.57. The summed E-state index contributed by atoms with van der Waals surface area (Å²) in [5, 5.41) is 3.49. The molecule has 0 saturated carbocycles. The molecule has 0 bridgehead atoms. The SMILES string of the molecule is CCCNc1ncc(Cl)c(Oc2ccc(C)cc2)n1. The highest BCUT2D eigenvalue weighted by Crippen LogP contribution is 2.27. The predicted molar refractivity (Wildman–Crippen MR) is 77.1 cm³/mol. The summed E-state index contributed by atoms with van der Waals surface area (Å²) in [6.07, 6.45) is 2.54. The Hall–Kier alpha value is -1.81. The minimum Gasteiger partial charge on any atom is -0.437 e. The van der Waals surface area contributed by atoms with Gasteiger partial charge in [0.1, 0.15) is 10.8 Å². The van der Waals surface area contributed by atoms with Gasteiger partial charge in [-0.3, -0.25) is 0 Å². The molecule has 0 amide bonds. The molecule has 0 saturated heterocycles. The van der Waals surface area contributed by atoms with Crippen LogP contribution in [0.25, 0.3) is 0 Å². The van der Waals surface area contributed by atoms with Crippen molar-refractivity contribution in [2.45, 2.75) is 20.3 Å². The van der Waals surface area contributed by atoms with Gasteiger partial charge in [0.15, 0.2) is 0 Å². The van der Waals surface area contributed by atoms with Crippen molar-refractivity contribution in [1.82, 2.24) is 9.97 Å². The zero-order valence-corrected chi connectivity index (χ0v) is 11.7. The Bertz CT molecular complexity index is 543. The van der Waals surface area contributed by atoms with Crippen LogP contribution in [0.5, 0.6) is 11.6 Å². The maximum atomic E-state index is 6.03. The van der Waals surface area contributed by atoms with Crippen molar-refractivity contribution in [3.8, 4) is 11.6 Å². The number of nitrogens with zero attached hydrogens (tertiary/aromatic N) is 2. The first-order chi connectivity index (χ1) is 9.19. The van der Waals surface area contributed by atoms with Crippen molar-refractivity contribution in [2.75, 3.05) is 11.9 Å². The Balaban J connectivity index is 2.16. The Labute approximate surface area is 117 Å². The topological polar surface area (TPSA) is 47.0 Å². The van der Waals surface area contributed by atoms with Crippen LogP contribution < -0.4 is 10.1 Å². The minimum atomic E-state index is 0.360. The fourth-order valence-electron chi connectivity index (χ4n) is 1.46. The number of benzene rings is 1. The smallest absolute Gasteiger partial charge is 0.243 e. The lowest BCUT2D eigenvalue weighted by molar-refractivity contribution is 0.462. The number of rotatable bonds is 5. The molecule has 4 nitrogen and oxygen atoms in total. The molecule has 1 heterocycles. The molecule has 0 spiro atoms. The molecule has 0 fully saturated rings. The van der Waals surface area contributed by atoms with Crippen molar-refractivity contribution in [1.29, 1.82) is 0 Å². The fourth-order valence-corrected chi connectivity index (χ4v) is 1.59. The second kappa shape index (κ2) is 6.38. The van der Waals surface area contributed by atoms with E-state index in [-0.39, 0.29) is 0 Å². The number of hydrogen-bond acceptors (Lipinski definition) is 4. The van der Waals surface area contributed by atoms with Gasteiger partial charge in [0.25, 0.3) is 0 Å². The second-order valence-electron chi connectivity index (χ2n) is 4.19. The van der Waals surface area contributed by atoms with Gasteiger partial charge in [-0.15, -0.1) is 0 Å². The number of aryl methyl sites for hydroxylation is 1. The van der Waals surface area contributed by atoms with Crippen molar-refractivity contribution in [2.24, 2.45) is 0 Å². The summed E-state index contributed by atoms with van der Waals surface area (Å²) < 4.78 is 5.66. The summed E-state index contributed by atoms with van der Waals surface area (Å²) in [4.78, 5) is 8.35. The monoisotopic (exact) mass is 277 g/mol. The molecular weight excluding hydrogens is 262 g/mol. The van der Waals surface area contributed by atoms with Crippen LogP contribution in [-0.2, 0) is 0 Å². The van der Waals surface area contributed by atoms with Gasteiger partial charge in [0.05, 0.1) is 6.20 Å². The Morgan fingerprint density at radius 3 is 2.68 bits per heavy atom. The third kappa shape index (κ3) is 3.83. The first kappa shape index (κ1) is 13.6. The van der Waals surface area contributed by atoms with Gasteiger partial charge in [0.2, 0.25) is 11.8 Å². The molecule has 19 heavy (non-hydrogen) atoms. The summed E-state index contributed by atoms with van der Waals surface area (Å²) in [5.74, 6) is 1.58. The summed E-state index contributed by atoms with van der Waals surface area (Å²) in [7, 11) is 0. The molecule has 1 N–H and O–H groups in total. The summed E-state index contributed by atoms with van der Waals surface area (Å²) in [6.45, 7) is 4.91. The molecule has 0 aliphatic rings. The van der Waals surface area contributed by atoms with Crippen LogP contribution in [0.15, 0.2) is 30.5 Å². The van der Waals surface area contributed by atoms with Gasteiger partial charge in [-0.25, -0.2) is 4.98 Å². The average Bonchev–Trinajstić information content (AvgIpc) is 2.42. The van der Waals surface area contributed by atoms with Gasteiger partial charge in [-0.05, 0) is 25.5 Å². The quantitative estimate of drug-likeness (QED) is 0.895. The summed E-state index contributed by atoms with van der Waals surface area (Å²) >= 11 is 6.03. The molecule has 100 valence electrons. The van der Waals surface area contributed by atoms with Gasteiger partial charge >= 0.3 is 0 Å². The van der Waals surface area contributed by atoms with E-state index >= 15 is 0 Å². The maximum absolute atomic E-state index is 6.03. The first-order valence-electron chi connectivity index (χ1n) is 6.20. The Kier molecular flexibility index (Phi) is 4.58. The molecular formula is C14H16ClN3O. The van der Waals surface area contributed by atoms with Crippen molar-refractivity contribution in [3.63, 3.8) is 0 Å². The lowest BCUT2D eigenvalue weighted by Gasteiger charge is -2.08. The van der Waals surface area contributed by atoms with Crippen molar-refractivity contribution >= 4 is 17.5 Å². The molecule has 2 rings (SSSR count). The van der Waals surface area contributed by atoms with Crippen LogP contribution in [-0.4, -0.2) is 16.5 Å². The maximum Gasteiger partial charge on any atom is 0.243 e. The van der Waals surface area contributed by atoms with E-state index in [1.54, 1.807) is 0 Å². The number of hydrogen-bond donors (Lipinski definition) is 1. The van der Waals surface area contributed by atoms with E-state index in [4.69, 9.17) is 16.3 Å². The number of anilines is 1. The lowest BCUT2D eigenvalue weighted by atomic mass is 10.2. The minimum absolute atomic E-state index is 0.360. The molecule has 0 aliphatic carbocycles. The van der Waals surface area contributed by atoms with Crippen LogP contribution in [0.4, 0.5) is 5.95 Å². The molecule has 0 aliphatic heterocycles. The molecule has 1 aromatic carbocycles. The standard InChI is InChI=1S/C14H16ClN3O/c1-3-8-16-14-17-9-12(15)13(18-14)19-11-6-4-10(2)5-7-11/h4-7,9H,3,8H2,1-2H3,(H,16,17,18). The van der Waals surface area contributed by atoms with E-state index in [0.717, 1.165) is 13.0 Å². The van der Waals surface area contributed by atoms with E-state index in [2.05, 4.69) is 22.2 Å². The second-order valence-corrected chi connectivity index (χ2v) is 4.60. The average molecular weight is 278 g/mol. The number of aromatic nitrogens is 2. The number of halogens is 1. The Morgan fingerprint density at radius 2 is 2.00 bits per heavy atom. The molecule has 5 heteroatoms. The van der Waals surface area contributed by atoms with Crippen LogP contribution in [0, 0.1) is 6.92 Å². The number of ether oxygens (including phenoxy) is 1. The third-order valence-corrected chi connectivity index (χ3v) is 2.74. The van der Waals surface area contributed by atoms with Gasteiger partial charge < -0.3 is 10.1 Å².